The highest BCUT2D eigenvalue weighted by atomic mass is 79.9. The Hall–Kier alpha value is -0.450. The Morgan fingerprint density at radius 1 is 1.35 bits per heavy atom. The third kappa shape index (κ3) is 3.50. The fraction of sp³-hybridized carbons (Fsp3) is 0.364. The maximum Gasteiger partial charge on any atom is 0.239 e. The SMILES string of the molecule is O=C(CNc1ccc(Br)c(Cl)c1Cl)NC1CC1. The minimum atomic E-state index is -0.0254. The third-order valence-corrected chi connectivity index (χ3v) is 4.19. The van der Waals surface area contributed by atoms with Gasteiger partial charge in [-0.1, -0.05) is 23.2 Å². The molecule has 92 valence electrons. The molecule has 1 aromatic carbocycles. The molecule has 0 atom stereocenters. The van der Waals surface area contributed by atoms with Crippen LogP contribution in [-0.2, 0) is 4.79 Å². The second kappa shape index (κ2) is 5.46. The van der Waals surface area contributed by atoms with Crippen LogP contribution in [0.3, 0.4) is 0 Å². The number of amides is 1. The topological polar surface area (TPSA) is 41.1 Å². The lowest BCUT2D eigenvalue weighted by molar-refractivity contribution is -0.119. The van der Waals surface area contributed by atoms with Gasteiger partial charge in [0, 0.05) is 10.5 Å². The first-order valence-electron chi connectivity index (χ1n) is 5.24. The number of halogens is 3. The van der Waals surface area contributed by atoms with Crippen LogP contribution in [0.25, 0.3) is 0 Å². The van der Waals surface area contributed by atoms with Crippen LogP contribution in [0.1, 0.15) is 12.8 Å². The van der Waals surface area contributed by atoms with Gasteiger partial charge < -0.3 is 10.6 Å². The standard InChI is InChI=1S/C11H11BrCl2N2O/c12-7-3-4-8(11(14)10(7)13)15-5-9(17)16-6-1-2-6/h3-4,6,15H,1-2,5H2,(H,16,17). The highest BCUT2D eigenvalue weighted by Crippen LogP contribution is 2.35. The molecule has 0 radical (unpaired) electrons. The molecule has 1 fully saturated rings. The van der Waals surface area contributed by atoms with Gasteiger partial charge in [0.2, 0.25) is 5.91 Å². The summed E-state index contributed by atoms with van der Waals surface area (Å²) in [4.78, 5) is 11.5. The van der Waals surface area contributed by atoms with Crippen LogP contribution in [0.2, 0.25) is 10.0 Å². The predicted octanol–water partition coefficient (Wildman–Crippen LogP) is 3.45. The van der Waals surface area contributed by atoms with Crippen LogP contribution in [0.4, 0.5) is 5.69 Å². The summed E-state index contributed by atoms with van der Waals surface area (Å²) in [7, 11) is 0. The Morgan fingerprint density at radius 3 is 2.71 bits per heavy atom. The second-order valence-corrected chi connectivity index (χ2v) is 5.53. The smallest absolute Gasteiger partial charge is 0.239 e. The van der Waals surface area contributed by atoms with Crippen LogP contribution < -0.4 is 10.6 Å². The van der Waals surface area contributed by atoms with Gasteiger partial charge in [0.1, 0.15) is 0 Å². The minimum Gasteiger partial charge on any atom is -0.375 e. The summed E-state index contributed by atoms with van der Waals surface area (Å²) in [6, 6.07) is 3.94. The van der Waals surface area contributed by atoms with Crippen molar-refractivity contribution >= 4 is 50.7 Å². The zero-order valence-electron chi connectivity index (χ0n) is 8.90. The van der Waals surface area contributed by atoms with Gasteiger partial charge in [0.15, 0.2) is 0 Å². The van der Waals surface area contributed by atoms with Gasteiger partial charge in [-0.25, -0.2) is 0 Å². The fourth-order valence-electron chi connectivity index (χ4n) is 1.34. The number of rotatable bonds is 4. The molecule has 0 spiro atoms. The molecule has 1 saturated carbocycles. The summed E-state index contributed by atoms with van der Waals surface area (Å²) in [6.45, 7) is 0.203. The Bertz CT molecular complexity index is 449. The summed E-state index contributed by atoms with van der Waals surface area (Å²) < 4.78 is 0.733. The first-order valence-corrected chi connectivity index (χ1v) is 6.79. The van der Waals surface area contributed by atoms with Crippen LogP contribution >= 0.6 is 39.1 Å². The highest BCUT2D eigenvalue weighted by molar-refractivity contribution is 9.10. The van der Waals surface area contributed by atoms with Crippen molar-refractivity contribution in [2.24, 2.45) is 0 Å². The Morgan fingerprint density at radius 2 is 2.06 bits per heavy atom. The molecule has 1 aromatic rings. The molecule has 3 nitrogen and oxygen atoms in total. The molecular formula is C11H11BrCl2N2O. The number of benzene rings is 1. The van der Waals surface area contributed by atoms with Gasteiger partial charge in [0.05, 0.1) is 22.3 Å². The summed E-state index contributed by atoms with van der Waals surface area (Å²) in [6.07, 6.45) is 2.16. The molecule has 0 heterocycles. The fourth-order valence-corrected chi connectivity index (χ4v) is 2.19. The molecule has 0 saturated heterocycles. The first-order chi connectivity index (χ1) is 8.08. The van der Waals surface area contributed by atoms with E-state index in [1.54, 1.807) is 12.1 Å². The van der Waals surface area contributed by atoms with E-state index in [9.17, 15) is 4.79 Å². The number of nitrogens with one attached hydrogen (secondary N) is 2. The van der Waals surface area contributed by atoms with E-state index in [0.29, 0.717) is 21.8 Å². The molecule has 0 bridgehead atoms. The van der Waals surface area contributed by atoms with Crippen molar-refractivity contribution < 1.29 is 4.79 Å². The lowest BCUT2D eigenvalue weighted by Crippen LogP contribution is -2.31. The molecule has 1 aliphatic carbocycles. The number of carbonyl (C=O) groups is 1. The Labute approximate surface area is 118 Å². The van der Waals surface area contributed by atoms with Crippen LogP contribution in [0.15, 0.2) is 16.6 Å². The van der Waals surface area contributed by atoms with E-state index < -0.39 is 0 Å². The normalized spacial score (nSPS) is 14.5. The summed E-state index contributed by atoms with van der Waals surface area (Å²) in [5, 5.41) is 6.71. The molecule has 1 aliphatic rings. The Kier molecular flexibility index (Phi) is 4.17. The van der Waals surface area contributed by atoms with Crippen molar-refractivity contribution in [3.05, 3.63) is 26.7 Å². The Balaban J connectivity index is 1.94. The maximum atomic E-state index is 11.5. The summed E-state index contributed by atoms with van der Waals surface area (Å²) in [5.74, 6) is -0.0254. The van der Waals surface area contributed by atoms with E-state index in [1.807, 2.05) is 0 Å². The summed E-state index contributed by atoms with van der Waals surface area (Å²) in [5.41, 5.74) is 0.658. The molecule has 2 rings (SSSR count). The molecule has 0 aromatic heterocycles. The van der Waals surface area contributed by atoms with Gasteiger partial charge in [-0.15, -0.1) is 0 Å². The number of hydrogen-bond acceptors (Lipinski definition) is 2. The predicted molar refractivity (Wildman–Crippen MR) is 73.8 cm³/mol. The quantitative estimate of drug-likeness (QED) is 0.826. The van der Waals surface area contributed by atoms with E-state index in [4.69, 9.17) is 23.2 Å². The van der Waals surface area contributed by atoms with Crippen molar-refractivity contribution in [1.29, 1.82) is 0 Å². The number of hydrogen-bond donors (Lipinski definition) is 2. The van der Waals surface area contributed by atoms with Crippen molar-refractivity contribution in [3.8, 4) is 0 Å². The maximum absolute atomic E-state index is 11.5. The van der Waals surface area contributed by atoms with Crippen molar-refractivity contribution in [2.75, 3.05) is 11.9 Å². The lowest BCUT2D eigenvalue weighted by atomic mass is 10.3. The van der Waals surface area contributed by atoms with Gasteiger partial charge in [-0.2, -0.15) is 0 Å². The average molecular weight is 338 g/mol. The van der Waals surface area contributed by atoms with Crippen LogP contribution in [-0.4, -0.2) is 18.5 Å². The molecule has 17 heavy (non-hydrogen) atoms. The van der Waals surface area contributed by atoms with Crippen molar-refractivity contribution in [1.82, 2.24) is 5.32 Å². The molecule has 1 amide bonds. The zero-order valence-corrected chi connectivity index (χ0v) is 12.0. The van der Waals surface area contributed by atoms with E-state index >= 15 is 0 Å². The zero-order chi connectivity index (χ0) is 12.4. The van der Waals surface area contributed by atoms with E-state index in [1.165, 1.54) is 0 Å². The van der Waals surface area contributed by atoms with Gasteiger partial charge in [0.25, 0.3) is 0 Å². The van der Waals surface area contributed by atoms with Crippen LogP contribution in [0, 0.1) is 0 Å². The monoisotopic (exact) mass is 336 g/mol. The van der Waals surface area contributed by atoms with Crippen molar-refractivity contribution in [2.45, 2.75) is 18.9 Å². The third-order valence-electron chi connectivity index (χ3n) is 2.42. The summed E-state index contributed by atoms with van der Waals surface area (Å²) >= 11 is 15.3. The van der Waals surface area contributed by atoms with Crippen LogP contribution in [0.5, 0.6) is 0 Å². The molecule has 0 unspecified atom stereocenters. The van der Waals surface area contributed by atoms with E-state index in [-0.39, 0.29) is 12.5 Å². The highest BCUT2D eigenvalue weighted by Gasteiger charge is 2.23. The van der Waals surface area contributed by atoms with Gasteiger partial charge in [-0.3, -0.25) is 4.79 Å². The number of anilines is 1. The average Bonchev–Trinajstić information content (AvgIpc) is 3.09. The minimum absolute atomic E-state index is 0.0254. The second-order valence-electron chi connectivity index (χ2n) is 3.92. The van der Waals surface area contributed by atoms with Gasteiger partial charge >= 0.3 is 0 Å². The molecular weight excluding hydrogens is 327 g/mol. The number of carbonyl (C=O) groups excluding carboxylic acids is 1. The molecule has 0 aliphatic heterocycles. The lowest BCUT2D eigenvalue weighted by Gasteiger charge is -2.10. The first kappa shape index (κ1) is 13.0. The van der Waals surface area contributed by atoms with Crippen molar-refractivity contribution in [3.63, 3.8) is 0 Å². The molecule has 6 heteroatoms. The largest absolute Gasteiger partial charge is 0.375 e. The molecule has 2 N–H and O–H groups in total. The van der Waals surface area contributed by atoms with Gasteiger partial charge in [-0.05, 0) is 40.9 Å². The van der Waals surface area contributed by atoms with E-state index in [2.05, 4.69) is 26.6 Å². The van der Waals surface area contributed by atoms with E-state index in [0.717, 1.165) is 17.3 Å².